The molecular formula is C15H23N3. The quantitative estimate of drug-likeness (QED) is 0.633. The number of nitrogens with zero attached hydrogens (tertiary/aromatic N) is 1. The molecule has 1 aromatic rings. The molecule has 0 atom stereocenters. The monoisotopic (exact) mass is 245 g/mol. The summed E-state index contributed by atoms with van der Waals surface area (Å²) in [5.41, 5.74) is 7.50. The zero-order valence-corrected chi connectivity index (χ0v) is 11.2. The van der Waals surface area contributed by atoms with Crippen LogP contribution in [-0.4, -0.2) is 19.4 Å². The van der Waals surface area contributed by atoms with E-state index in [2.05, 4.69) is 18.0 Å². The molecule has 0 bridgehead atoms. The van der Waals surface area contributed by atoms with E-state index in [-0.39, 0.29) is 5.84 Å². The molecule has 0 saturated heterocycles. The highest BCUT2D eigenvalue weighted by molar-refractivity contribution is 5.95. The highest BCUT2D eigenvalue weighted by Gasteiger charge is 2.15. The lowest BCUT2D eigenvalue weighted by atomic mass is 9.89. The van der Waals surface area contributed by atoms with Crippen LogP contribution in [0.3, 0.4) is 0 Å². The Hall–Kier alpha value is -1.51. The van der Waals surface area contributed by atoms with Crippen molar-refractivity contribution in [2.75, 3.05) is 18.5 Å². The van der Waals surface area contributed by atoms with E-state index in [4.69, 9.17) is 11.1 Å². The van der Waals surface area contributed by atoms with Crippen LogP contribution in [0.5, 0.6) is 0 Å². The number of benzene rings is 1. The molecule has 3 N–H and O–H groups in total. The van der Waals surface area contributed by atoms with Gasteiger partial charge in [0.25, 0.3) is 0 Å². The van der Waals surface area contributed by atoms with E-state index in [1.165, 1.54) is 32.1 Å². The molecule has 1 saturated carbocycles. The lowest BCUT2D eigenvalue weighted by Crippen LogP contribution is -2.27. The first-order chi connectivity index (χ1) is 8.66. The fourth-order valence-electron chi connectivity index (χ4n) is 2.77. The van der Waals surface area contributed by atoms with E-state index in [1.807, 2.05) is 18.2 Å². The van der Waals surface area contributed by atoms with Crippen LogP contribution < -0.4 is 10.6 Å². The summed E-state index contributed by atoms with van der Waals surface area (Å²) in [6, 6.07) is 7.96. The minimum Gasteiger partial charge on any atom is -0.384 e. The molecule has 1 aromatic carbocycles. The average molecular weight is 245 g/mol. The fraction of sp³-hybridized carbons (Fsp3) is 0.533. The van der Waals surface area contributed by atoms with E-state index in [0.717, 1.165) is 23.7 Å². The molecule has 0 heterocycles. The summed E-state index contributed by atoms with van der Waals surface area (Å²) in [7, 11) is 2.13. The first kappa shape index (κ1) is 12.9. The second-order valence-corrected chi connectivity index (χ2v) is 5.35. The third-order valence-corrected chi connectivity index (χ3v) is 3.85. The van der Waals surface area contributed by atoms with Gasteiger partial charge in [0.15, 0.2) is 0 Å². The zero-order valence-electron chi connectivity index (χ0n) is 11.2. The normalized spacial score (nSPS) is 16.5. The Morgan fingerprint density at radius 2 is 2.06 bits per heavy atom. The van der Waals surface area contributed by atoms with E-state index in [1.54, 1.807) is 0 Å². The maximum absolute atomic E-state index is 7.49. The van der Waals surface area contributed by atoms with Crippen molar-refractivity contribution in [3.63, 3.8) is 0 Å². The van der Waals surface area contributed by atoms with Gasteiger partial charge in [0.05, 0.1) is 0 Å². The Kier molecular flexibility index (Phi) is 4.24. The number of nitrogens with one attached hydrogen (secondary N) is 1. The lowest BCUT2D eigenvalue weighted by Gasteiger charge is -2.28. The van der Waals surface area contributed by atoms with Crippen LogP contribution >= 0.6 is 0 Å². The smallest absolute Gasteiger partial charge is 0.122 e. The summed E-state index contributed by atoms with van der Waals surface area (Å²) >= 11 is 0. The van der Waals surface area contributed by atoms with Crippen molar-refractivity contribution in [1.29, 1.82) is 5.41 Å². The second kappa shape index (κ2) is 5.89. The van der Waals surface area contributed by atoms with Gasteiger partial charge < -0.3 is 10.6 Å². The van der Waals surface area contributed by atoms with Crippen molar-refractivity contribution in [3.05, 3.63) is 29.8 Å². The molecule has 0 radical (unpaired) electrons. The van der Waals surface area contributed by atoms with Crippen LogP contribution in [0.4, 0.5) is 5.69 Å². The number of rotatable bonds is 4. The third kappa shape index (κ3) is 3.25. The predicted octanol–water partition coefficient (Wildman–Crippen LogP) is 2.99. The van der Waals surface area contributed by atoms with Gasteiger partial charge in [-0.1, -0.05) is 31.4 Å². The van der Waals surface area contributed by atoms with E-state index in [0.29, 0.717) is 0 Å². The number of amidine groups is 1. The largest absolute Gasteiger partial charge is 0.384 e. The minimum atomic E-state index is 0.142. The molecule has 3 nitrogen and oxygen atoms in total. The Bertz CT molecular complexity index is 408. The van der Waals surface area contributed by atoms with Gasteiger partial charge in [-0.25, -0.2) is 0 Å². The Morgan fingerprint density at radius 1 is 1.33 bits per heavy atom. The molecule has 0 amide bonds. The SMILES string of the molecule is CN(CC1CCCCC1)c1cccc(C(=N)N)c1. The summed E-state index contributed by atoms with van der Waals surface area (Å²) in [4.78, 5) is 2.29. The predicted molar refractivity (Wildman–Crippen MR) is 77.3 cm³/mol. The minimum absolute atomic E-state index is 0.142. The summed E-state index contributed by atoms with van der Waals surface area (Å²) in [5, 5.41) is 7.49. The van der Waals surface area contributed by atoms with Crippen molar-refractivity contribution in [1.82, 2.24) is 0 Å². The van der Waals surface area contributed by atoms with E-state index >= 15 is 0 Å². The van der Waals surface area contributed by atoms with Gasteiger partial charge in [0.2, 0.25) is 0 Å². The summed E-state index contributed by atoms with van der Waals surface area (Å²) in [6.07, 6.45) is 6.88. The number of hydrogen-bond acceptors (Lipinski definition) is 2. The Balaban J connectivity index is 2.01. The van der Waals surface area contributed by atoms with E-state index < -0.39 is 0 Å². The molecule has 1 aliphatic rings. The molecule has 3 heteroatoms. The number of nitrogens with two attached hydrogens (primary N) is 1. The summed E-state index contributed by atoms with van der Waals surface area (Å²) < 4.78 is 0. The first-order valence-corrected chi connectivity index (χ1v) is 6.82. The highest BCUT2D eigenvalue weighted by Crippen LogP contribution is 2.26. The highest BCUT2D eigenvalue weighted by atomic mass is 15.1. The third-order valence-electron chi connectivity index (χ3n) is 3.85. The molecule has 98 valence electrons. The van der Waals surface area contributed by atoms with Crippen molar-refractivity contribution in [2.24, 2.45) is 11.7 Å². The van der Waals surface area contributed by atoms with Crippen LogP contribution in [-0.2, 0) is 0 Å². The average Bonchev–Trinajstić information content (AvgIpc) is 2.40. The van der Waals surface area contributed by atoms with Crippen LogP contribution in [0.2, 0.25) is 0 Å². The molecule has 0 aliphatic heterocycles. The molecule has 1 fully saturated rings. The maximum Gasteiger partial charge on any atom is 0.122 e. The van der Waals surface area contributed by atoms with Gasteiger partial charge >= 0.3 is 0 Å². The number of anilines is 1. The topological polar surface area (TPSA) is 53.1 Å². The van der Waals surface area contributed by atoms with Crippen molar-refractivity contribution in [3.8, 4) is 0 Å². The summed E-state index contributed by atoms with van der Waals surface area (Å²) in [6.45, 7) is 1.11. The molecule has 0 spiro atoms. The molecule has 2 rings (SSSR count). The van der Waals surface area contributed by atoms with E-state index in [9.17, 15) is 0 Å². The molecular weight excluding hydrogens is 222 g/mol. The molecule has 1 aliphatic carbocycles. The van der Waals surface area contributed by atoms with Crippen molar-refractivity contribution < 1.29 is 0 Å². The molecule has 0 unspecified atom stereocenters. The first-order valence-electron chi connectivity index (χ1n) is 6.82. The van der Waals surface area contributed by atoms with Crippen LogP contribution in [0, 0.1) is 11.3 Å². The lowest BCUT2D eigenvalue weighted by molar-refractivity contribution is 0.362. The fourth-order valence-corrected chi connectivity index (χ4v) is 2.77. The van der Waals surface area contributed by atoms with Crippen LogP contribution in [0.25, 0.3) is 0 Å². The summed E-state index contributed by atoms with van der Waals surface area (Å²) in [5.74, 6) is 0.965. The van der Waals surface area contributed by atoms with Crippen LogP contribution in [0.15, 0.2) is 24.3 Å². The Morgan fingerprint density at radius 3 is 2.72 bits per heavy atom. The Labute approximate surface area is 109 Å². The molecule has 0 aromatic heterocycles. The molecule has 18 heavy (non-hydrogen) atoms. The van der Waals surface area contributed by atoms with Gasteiger partial charge in [-0.15, -0.1) is 0 Å². The maximum atomic E-state index is 7.49. The van der Waals surface area contributed by atoms with Gasteiger partial charge in [-0.3, -0.25) is 5.41 Å². The van der Waals surface area contributed by atoms with Gasteiger partial charge in [0, 0.05) is 24.8 Å². The number of hydrogen-bond donors (Lipinski definition) is 2. The van der Waals surface area contributed by atoms with Gasteiger partial charge in [-0.2, -0.15) is 0 Å². The van der Waals surface area contributed by atoms with Gasteiger partial charge in [-0.05, 0) is 30.9 Å². The standard InChI is InChI=1S/C15H23N3/c1-18(11-12-6-3-2-4-7-12)14-9-5-8-13(10-14)15(16)17/h5,8-10,12H,2-4,6-7,11H2,1H3,(H3,16,17). The van der Waals surface area contributed by atoms with Crippen LogP contribution in [0.1, 0.15) is 37.7 Å². The van der Waals surface area contributed by atoms with Crippen molar-refractivity contribution in [2.45, 2.75) is 32.1 Å². The number of nitrogen functional groups attached to an aromatic ring is 1. The van der Waals surface area contributed by atoms with Crippen molar-refractivity contribution >= 4 is 11.5 Å². The van der Waals surface area contributed by atoms with Gasteiger partial charge in [0.1, 0.15) is 5.84 Å². The zero-order chi connectivity index (χ0) is 13.0. The second-order valence-electron chi connectivity index (χ2n) is 5.35.